The molecule has 0 bridgehead atoms. The lowest BCUT2D eigenvalue weighted by Crippen LogP contribution is -2.28. The summed E-state index contributed by atoms with van der Waals surface area (Å²) < 4.78 is 26.9. The van der Waals surface area contributed by atoms with Crippen LogP contribution in [0.3, 0.4) is 0 Å². The molecule has 0 atom stereocenters. The lowest BCUT2D eigenvalue weighted by Gasteiger charge is -2.10. The van der Waals surface area contributed by atoms with Gasteiger partial charge in [-0.2, -0.15) is 8.42 Å². The molecule has 88 valence electrons. The van der Waals surface area contributed by atoms with Crippen LogP contribution in [0, 0.1) is 0 Å². The maximum Gasteiger partial charge on any atom is 0.298 e. The fourth-order valence-corrected chi connectivity index (χ4v) is 1.61. The van der Waals surface area contributed by atoms with E-state index in [1.807, 2.05) is 0 Å². The largest absolute Gasteiger partial charge is 0.409 e. The van der Waals surface area contributed by atoms with Crippen LogP contribution in [-0.2, 0) is 10.2 Å². The topological polar surface area (TPSA) is 117 Å². The SMILES string of the molecule is CNS(=O)(=O)Nc1ccccc1/C(N)=N/O. The number of oxime groups is 1. The molecule has 0 aromatic heterocycles. The molecule has 0 radical (unpaired) electrons. The van der Waals surface area contributed by atoms with Crippen molar-refractivity contribution in [1.82, 2.24) is 4.72 Å². The van der Waals surface area contributed by atoms with E-state index in [-0.39, 0.29) is 11.5 Å². The zero-order valence-corrected chi connectivity index (χ0v) is 9.32. The van der Waals surface area contributed by atoms with E-state index in [9.17, 15) is 8.42 Å². The zero-order chi connectivity index (χ0) is 12.2. The molecule has 0 aliphatic heterocycles. The van der Waals surface area contributed by atoms with Crippen LogP contribution in [0.4, 0.5) is 5.69 Å². The fraction of sp³-hybridized carbons (Fsp3) is 0.125. The van der Waals surface area contributed by atoms with Crippen LogP contribution in [0.1, 0.15) is 5.56 Å². The molecule has 0 aliphatic carbocycles. The molecule has 0 spiro atoms. The Bertz CT molecular complexity index is 498. The Morgan fingerprint density at radius 3 is 2.62 bits per heavy atom. The van der Waals surface area contributed by atoms with Gasteiger partial charge in [0.1, 0.15) is 0 Å². The first-order valence-electron chi connectivity index (χ1n) is 4.28. The molecule has 1 rings (SSSR count). The molecule has 0 aliphatic rings. The third-order valence-corrected chi connectivity index (χ3v) is 2.85. The molecule has 0 saturated heterocycles. The van der Waals surface area contributed by atoms with Gasteiger partial charge in [0.15, 0.2) is 5.84 Å². The van der Waals surface area contributed by atoms with Crippen molar-refractivity contribution < 1.29 is 13.6 Å². The maximum absolute atomic E-state index is 11.3. The van der Waals surface area contributed by atoms with Gasteiger partial charge in [0.25, 0.3) is 10.2 Å². The molecule has 1 aromatic rings. The monoisotopic (exact) mass is 244 g/mol. The second-order valence-electron chi connectivity index (χ2n) is 2.84. The number of nitrogens with zero attached hydrogens (tertiary/aromatic N) is 1. The molecule has 1 aromatic carbocycles. The molecule has 0 fully saturated rings. The van der Waals surface area contributed by atoms with E-state index in [1.165, 1.54) is 19.2 Å². The molecule has 16 heavy (non-hydrogen) atoms. The number of anilines is 1. The highest BCUT2D eigenvalue weighted by atomic mass is 32.2. The third-order valence-electron chi connectivity index (χ3n) is 1.82. The molecular weight excluding hydrogens is 232 g/mol. The van der Waals surface area contributed by atoms with E-state index in [0.717, 1.165) is 0 Å². The van der Waals surface area contributed by atoms with Crippen LogP contribution >= 0.6 is 0 Å². The van der Waals surface area contributed by atoms with Gasteiger partial charge in [-0.15, -0.1) is 0 Å². The van der Waals surface area contributed by atoms with Crippen molar-refractivity contribution in [2.45, 2.75) is 0 Å². The smallest absolute Gasteiger partial charge is 0.298 e. The van der Waals surface area contributed by atoms with Gasteiger partial charge in [0, 0.05) is 12.6 Å². The predicted molar refractivity (Wildman–Crippen MR) is 60.6 cm³/mol. The average Bonchev–Trinajstić information content (AvgIpc) is 2.28. The summed E-state index contributed by atoms with van der Waals surface area (Å²) in [5.74, 6) is -0.172. The van der Waals surface area contributed by atoms with E-state index in [1.54, 1.807) is 12.1 Å². The summed E-state index contributed by atoms with van der Waals surface area (Å²) >= 11 is 0. The quantitative estimate of drug-likeness (QED) is 0.251. The van der Waals surface area contributed by atoms with E-state index >= 15 is 0 Å². The Kier molecular flexibility index (Phi) is 3.69. The highest BCUT2D eigenvalue weighted by molar-refractivity contribution is 7.90. The van der Waals surface area contributed by atoms with Crippen molar-refractivity contribution >= 4 is 21.7 Å². The van der Waals surface area contributed by atoms with Crippen LogP contribution in [0.25, 0.3) is 0 Å². The van der Waals surface area contributed by atoms with Crippen LogP contribution < -0.4 is 15.2 Å². The number of rotatable bonds is 4. The zero-order valence-electron chi connectivity index (χ0n) is 8.51. The van der Waals surface area contributed by atoms with Gasteiger partial charge in [0.05, 0.1) is 5.69 Å². The minimum Gasteiger partial charge on any atom is -0.409 e. The second kappa shape index (κ2) is 4.81. The van der Waals surface area contributed by atoms with Crippen molar-refractivity contribution in [3.05, 3.63) is 29.8 Å². The summed E-state index contributed by atoms with van der Waals surface area (Å²) in [5.41, 5.74) is 5.92. The minimum atomic E-state index is -3.63. The van der Waals surface area contributed by atoms with E-state index in [0.29, 0.717) is 5.56 Å². The van der Waals surface area contributed by atoms with E-state index in [4.69, 9.17) is 10.9 Å². The normalized spacial score (nSPS) is 12.4. The van der Waals surface area contributed by atoms with Gasteiger partial charge in [-0.05, 0) is 12.1 Å². The first-order chi connectivity index (χ1) is 7.50. The lowest BCUT2D eigenvalue weighted by atomic mass is 10.2. The molecule has 7 nitrogen and oxygen atoms in total. The Morgan fingerprint density at radius 1 is 1.44 bits per heavy atom. The standard InChI is InChI=1S/C8H12N4O3S/c1-10-16(14,15)12-7-5-3-2-4-6(7)8(9)11-13/h2-5,10,12-13H,1H3,(H2,9,11). The van der Waals surface area contributed by atoms with Crippen LogP contribution in [-0.4, -0.2) is 26.5 Å². The number of nitrogens with two attached hydrogens (primary N) is 1. The molecular formula is C8H12N4O3S. The van der Waals surface area contributed by atoms with E-state index < -0.39 is 10.2 Å². The van der Waals surface area contributed by atoms with Crippen LogP contribution in [0.5, 0.6) is 0 Å². The van der Waals surface area contributed by atoms with Gasteiger partial charge >= 0.3 is 0 Å². The molecule has 0 unspecified atom stereocenters. The van der Waals surface area contributed by atoms with Gasteiger partial charge < -0.3 is 10.9 Å². The summed E-state index contributed by atoms with van der Waals surface area (Å²) in [7, 11) is -2.36. The van der Waals surface area contributed by atoms with Crippen molar-refractivity contribution in [3.63, 3.8) is 0 Å². The van der Waals surface area contributed by atoms with Gasteiger partial charge in [-0.3, -0.25) is 4.72 Å². The Morgan fingerprint density at radius 2 is 2.06 bits per heavy atom. The first-order valence-corrected chi connectivity index (χ1v) is 5.76. The summed E-state index contributed by atoms with van der Waals surface area (Å²) in [4.78, 5) is 0. The Hall–Kier alpha value is -1.80. The fourth-order valence-electron chi connectivity index (χ4n) is 1.05. The van der Waals surface area contributed by atoms with Crippen molar-refractivity contribution in [2.75, 3.05) is 11.8 Å². The predicted octanol–water partition coefficient (Wildman–Crippen LogP) is -0.343. The highest BCUT2D eigenvalue weighted by Gasteiger charge is 2.11. The minimum absolute atomic E-state index is 0.172. The molecule has 0 amide bonds. The van der Waals surface area contributed by atoms with Crippen LogP contribution in [0.2, 0.25) is 0 Å². The van der Waals surface area contributed by atoms with Crippen LogP contribution in [0.15, 0.2) is 29.4 Å². The number of benzene rings is 1. The highest BCUT2D eigenvalue weighted by Crippen LogP contribution is 2.15. The Labute approximate surface area is 93.1 Å². The third kappa shape index (κ3) is 2.84. The van der Waals surface area contributed by atoms with E-state index in [2.05, 4.69) is 14.6 Å². The van der Waals surface area contributed by atoms with Gasteiger partial charge in [-0.25, -0.2) is 4.72 Å². The first kappa shape index (κ1) is 12.3. The number of para-hydroxylation sites is 1. The molecule has 5 N–H and O–H groups in total. The Balaban J connectivity index is 3.15. The number of hydrogen-bond acceptors (Lipinski definition) is 4. The van der Waals surface area contributed by atoms with Crippen molar-refractivity contribution in [3.8, 4) is 0 Å². The molecule has 8 heteroatoms. The summed E-state index contributed by atoms with van der Waals surface area (Å²) in [6, 6.07) is 6.30. The number of hydrogen-bond donors (Lipinski definition) is 4. The summed E-state index contributed by atoms with van der Waals surface area (Å²) in [6.07, 6.45) is 0. The van der Waals surface area contributed by atoms with Gasteiger partial charge in [0.2, 0.25) is 0 Å². The number of nitrogens with one attached hydrogen (secondary N) is 2. The summed E-state index contributed by atoms with van der Waals surface area (Å²) in [6.45, 7) is 0. The van der Waals surface area contributed by atoms with Crippen molar-refractivity contribution in [2.24, 2.45) is 10.9 Å². The number of amidine groups is 1. The average molecular weight is 244 g/mol. The molecule has 0 heterocycles. The second-order valence-corrected chi connectivity index (χ2v) is 4.46. The lowest BCUT2D eigenvalue weighted by molar-refractivity contribution is 0.318. The van der Waals surface area contributed by atoms with Gasteiger partial charge in [-0.1, -0.05) is 17.3 Å². The van der Waals surface area contributed by atoms with Crippen molar-refractivity contribution in [1.29, 1.82) is 0 Å². The maximum atomic E-state index is 11.3. The summed E-state index contributed by atoms with van der Waals surface area (Å²) in [5, 5.41) is 11.4. The molecule has 0 saturated carbocycles.